The van der Waals surface area contributed by atoms with Crippen molar-refractivity contribution in [2.45, 2.75) is 43.2 Å². The second-order valence-corrected chi connectivity index (χ2v) is 11.3. The van der Waals surface area contributed by atoms with Gasteiger partial charge in [0.1, 0.15) is 34.4 Å². The third-order valence-corrected chi connectivity index (χ3v) is 8.72. The minimum atomic E-state index is -3.88. The normalized spacial score (nSPS) is 14.2. The van der Waals surface area contributed by atoms with E-state index >= 15 is 0 Å². The van der Waals surface area contributed by atoms with E-state index in [1.54, 1.807) is 48.6 Å². The Hall–Kier alpha value is -3.48. The third kappa shape index (κ3) is 5.31. The first-order valence-electron chi connectivity index (χ1n) is 11.8. The summed E-state index contributed by atoms with van der Waals surface area (Å²) in [7, 11) is -0.635. The predicted octanol–water partition coefficient (Wildman–Crippen LogP) is 3.50. The van der Waals surface area contributed by atoms with Crippen molar-refractivity contribution >= 4 is 21.4 Å². The van der Waals surface area contributed by atoms with E-state index in [1.165, 1.54) is 4.57 Å². The van der Waals surface area contributed by atoms with E-state index in [9.17, 15) is 13.2 Å². The minimum absolute atomic E-state index is 0.0113. The summed E-state index contributed by atoms with van der Waals surface area (Å²) in [6.45, 7) is 0.0113. The SMILES string of the molecule is COc1ccccc1-n1cc(COc2ccc(-c3csc(=O)n3C)cc2S(=O)(=O)NC2CCCC2)nn1. The summed E-state index contributed by atoms with van der Waals surface area (Å²) in [6.07, 6.45) is 5.31. The summed E-state index contributed by atoms with van der Waals surface area (Å²) in [5, 5.41) is 10.0. The highest BCUT2D eigenvalue weighted by Gasteiger charge is 2.27. The van der Waals surface area contributed by atoms with Gasteiger partial charge in [0, 0.05) is 24.0 Å². The summed E-state index contributed by atoms with van der Waals surface area (Å²) < 4.78 is 44.2. The number of nitrogens with zero attached hydrogens (tertiary/aromatic N) is 4. The summed E-state index contributed by atoms with van der Waals surface area (Å²) in [6, 6.07) is 12.2. The highest BCUT2D eigenvalue weighted by molar-refractivity contribution is 7.89. The largest absolute Gasteiger partial charge is 0.494 e. The Morgan fingerprint density at radius 3 is 2.65 bits per heavy atom. The van der Waals surface area contributed by atoms with Crippen molar-refractivity contribution in [2.75, 3.05) is 7.11 Å². The number of hydrogen-bond acceptors (Lipinski definition) is 8. The predicted molar refractivity (Wildman–Crippen MR) is 140 cm³/mol. The zero-order valence-electron chi connectivity index (χ0n) is 20.5. The average molecular weight is 542 g/mol. The molecule has 5 rings (SSSR count). The number of para-hydroxylation sites is 2. The summed E-state index contributed by atoms with van der Waals surface area (Å²) in [4.78, 5) is 11.9. The van der Waals surface area contributed by atoms with Gasteiger partial charge in [-0.15, -0.1) is 5.10 Å². The average Bonchev–Trinajstić information content (AvgIpc) is 3.65. The van der Waals surface area contributed by atoms with Crippen molar-refractivity contribution in [2.24, 2.45) is 7.05 Å². The monoisotopic (exact) mass is 541 g/mol. The van der Waals surface area contributed by atoms with Crippen LogP contribution in [0.4, 0.5) is 0 Å². The highest BCUT2D eigenvalue weighted by atomic mass is 32.2. The Bertz CT molecular complexity index is 1570. The Balaban J connectivity index is 1.44. The topological polar surface area (TPSA) is 117 Å². The van der Waals surface area contributed by atoms with Crippen LogP contribution in [0, 0.1) is 0 Å². The molecule has 0 spiro atoms. The van der Waals surface area contributed by atoms with E-state index in [4.69, 9.17) is 9.47 Å². The molecule has 0 amide bonds. The van der Waals surface area contributed by atoms with Gasteiger partial charge in [-0.2, -0.15) is 0 Å². The number of rotatable bonds is 9. The molecule has 1 saturated carbocycles. The van der Waals surface area contributed by atoms with Gasteiger partial charge in [-0.1, -0.05) is 41.5 Å². The van der Waals surface area contributed by atoms with Crippen LogP contribution in [0.25, 0.3) is 16.9 Å². The van der Waals surface area contributed by atoms with Gasteiger partial charge in [0.05, 0.1) is 19.0 Å². The summed E-state index contributed by atoms with van der Waals surface area (Å²) in [5.41, 5.74) is 2.49. The molecule has 194 valence electrons. The van der Waals surface area contributed by atoms with Crippen LogP contribution in [0.2, 0.25) is 0 Å². The molecule has 4 aromatic rings. The van der Waals surface area contributed by atoms with Gasteiger partial charge in [0.25, 0.3) is 0 Å². The van der Waals surface area contributed by atoms with Crippen molar-refractivity contribution in [3.63, 3.8) is 0 Å². The van der Waals surface area contributed by atoms with Crippen LogP contribution in [0.3, 0.4) is 0 Å². The Morgan fingerprint density at radius 2 is 1.92 bits per heavy atom. The first kappa shape index (κ1) is 25.2. The van der Waals surface area contributed by atoms with Crippen LogP contribution < -0.4 is 19.1 Å². The van der Waals surface area contributed by atoms with Gasteiger partial charge in [-0.05, 0) is 43.2 Å². The quantitative estimate of drug-likeness (QED) is 0.345. The van der Waals surface area contributed by atoms with Crippen molar-refractivity contribution in [3.05, 3.63) is 69.4 Å². The molecule has 1 aliphatic rings. The maximum atomic E-state index is 13.5. The van der Waals surface area contributed by atoms with Crippen LogP contribution in [0.15, 0.2) is 63.7 Å². The van der Waals surface area contributed by atoms with E-state index in [1.807, 2.05) is 24.3 Å². The van der Waals surface area contributed by atoms with Gasteiger partial charge in [-0.25, -0.2) is 17.8 Å². The second-order valence-electron chi connectivity index (χ2n) is 8.83. The molecule has 37 heavy (non-hydrogen) atoms. The molecule has 0 atom stereocenters. The standard InChI is InChI=1S/C25H27N5O5S2/c1-29-21(16-36-25(29)31)17-11-12-23(24(13-17)37(32,33)27-18-7-3-4-8-18)35-15-19-14-30(28-26-19)20-9-5-6-10-22(20)34-2/h5-6,9-14,16,18,27H,3-4,7-8,15H2,1-2H3. The maximum Gasteiger partial charge on any atom is 0.307 e. The van der Waals surface area contributed by atoms with Crippen LogP contribution in [-0.4, -0.2) is 41.1 Å². The zero-order valence-corrected chi connectivity index (χ0v) is 22.1. The van der Waals surface area contributed by atoms with E-state index in [2.05, 4.69) is 15.0 Å². The lowest BCUT2D eigenvalue weighted by Gasteiger charge is -2.17. The number of thiazole rings is 1. The van der Waals surface area contributed by atoms with Crippen molar-refractivity contribution in [1.29, 1.82) is 0 Å². The number of hydrogen-bond donors (Lipinski definition) is 1. The Kier molecular flexibility index (Phi) is 7.13. The first-order chi connectivity index (χ1) is 17.9. The molecule has 0 saturated heterocycles. The van der Waals surface area contributed by atoms with Gasteiger partial charge in [0.15, 0.2) is 0 Å². The Morgan fingerprint density at radius 1 is 1.14 bits per heavy atom. The number of sulfonamides is 1. The summed E-state index contributed by atoms with van der Waals surface area (Å²) >= 11 is 1.06. The van der Waals surface area contributed by atoms with Gasteiger partial charge in [-0.3, -0.25) is 4.79 Å². The van der Waals surface area contributed by atoms with E-state index < -0.39 is 10.0 Å². The van der Waals surface area contributed by atoms with E-state index in [0.717, 1.165) is 42.7 Å². The molecule has 0 unspecified atom stereocenters. The highest BCUT2D eigenvalue weighted by Crippen LogP contribution is 2.32. The molecular formula is C25H27N5O5S2. The fourth-order valence-corrected chi connectivity index (χ4v) is 6.64. The molecule has 1 fully saturated rings. The molecule has 0 radical (unpaired) electrons. The van der Waals surface area contributed by atoms with Crippen molar-refractivity contribution < 1.29 is 17.9 Å². The number of nitrogens with one attached hydrogen (secondary N) is 1. The number of ether oxygens (including phenoxy) is 2. The van der Waals surface area contributed by atoms with Crippen LogP contribution in [0.5, 0.6) is 11.5 Å². The molecule has 2 aromatic heterocycles. The summed E-state index contributed by atoms with van der Waals surface area (Å²) in [5.74, 6) is 0.839. The molecule has 0 aliphatic heterocycles. The fourth-order valence-electron chi connectivity index (χ4n) is 4.40. The second kappa shape index (κ2) is 10.5. The molecule has 2 heterocycles. The van der Waals surface area contributed by atoms with Gasteiger partial charge >= 0.3 is 4.87 Å². The smallest absolute Gasteiger partial charge is 0.307 e. The molecule has 10 nitrogen and oxygen atoms in total. The minimum Gasteiger partial charge on any atom is -0.494 e. The van der Waals surface area contributed by atoms with E-state index in [-0.39, 0.29) is 28.2 Å². The van der Waals surface area contributed by atoms with Gasteiger partial charge in [0.2, 0.25) is 10.0 Å². The molecule has 2 aromatic carbocycles. The lowest BCUT2D eigenvalue weighted by atomic mass is 10.1. The molecule has 12 heteroatoms. The van der Waals surface area contributed by atoms with Crippen LogP contribution in [0.1, 0.15) is 31.4 Å². The third-order valence-electron chi connectivity index (χ3n) is 6.36. The number of benzene rings is 2. The molecule has 1 aliphatic carbocycles. The lowest BCUT2D eigenvalue weighted by molar-refractivity contribution is 0.293. The van der Waals surface area contributed by atoms with Crippen molar-refractivity contribution in [1.82, 2.24) is 24.3 Å². The van der Waals surface area contributed by atoms with Crippen LogP contribution in [-0.2, 0) is 23.7 Å². The van der Waals surface area contributed by atoms with Crippen molar-refractivity contribution in [3.8, 4) is 28.4 Å². The maximum absolute atomic E-state index is 13.5. The number of aromatic nitrogens is 4. The first-order valence-corrected chi connectivity index (χ1v) is 14.2. The molecular weight excluding hydrogens is 514 g/mol. The van der Waals surface area contributed by atoms with Crippen LogP contribution >= 0.6 is 11.3 Å². The van der Waals surface area contributed by atoms with E-state index in [0.29, 0.717) is 22.7 Å². The zero-order chi connectivity index (χ0) is 26.0. The number of methoxy groups -OCH3 is 1. The molecule has 0 bridgehead atoms. The fraction of sp³-hybridized carbons (Fsp3) is 0.320. The molecule has 1 N–H and O–H groups in total. The Labute approximate surface area is 218 Å². The lowest BCUT2D eigenvalue weighted by Crippen LogP contribution is -2.33. The van der Waals surface area contributed by atoms with Gasteiger partial charge < -0.3 is 14.0 Å².